The number of nitrogens with one attached hydrogen (secondary N) is 1. The molecule has 0 aromatic heterocycles. The van der Waals surface area contributed by atoms with E-state index in [0.29, 0.717) is 0 Å². The van der Waals surface area contributed by atoms with Crippen molar-refractivity contribution < 1.29 is 0 Å². The maximum Gasteiger partial charge on any atom is 0.0577 e. The van der Waals surface area contributed by atoms with Gasteiger partial charge in [-0.15, -0.1) is 0 Å². The number of anilines is 1. The molecule has 1 atom stereocenters. The van der Waals surface area contributed by atoms with E-state index in [1.54, 1.807) is 0 Å². The van der Waals surface area contributed by atoms with E-state index in [1.165, 1.54) is 16.8 Å². The summed E-state index contributed by atoms with van der Waals surface area (Å²) in [6.07, 6.45) is 0. The lowest BCUT2D eigenvalue weighted by molar-refractivity contribution is 0.631. The van der Waals surface area contributed by atoms with Crippen molar-refractivity contribution in [3.8, 4) is 0 Å². The van der Waals surface area contributed by atoms with Crippen molar-refractivity contribution in [1.82, 2.24) is 5.32 Å². The molecule has 0 aliphatic rings. The molecule has 2 nitrogen and oxygen atoms in total. The van der Waals surface area contributed by atoms with E-state index in [0.717, 1.165) is 11.6 Å². The highest BCUT2D eigenvalue weighted by atomic mass is 35.5. The second kappa shape index (κ2) is 6.78. The molecule has 2 aromatic rings. The van der Waals surface area contributed by atoms with Crippen LogP contribution in [0, 0.1) is 0 Å². The van der Waals surface area contributed by atoms with Crippen molar-refractivity contribution in [2.75, 3.05) is 25.5 Å². The van der Waals surface area contributed by atoms with Gasteiger partial charge >= 0.3 is 0 Å². The normalized spacial score (nSPS) is 12.2. The third kappa shape index (κ3) is 3.53. The second-order valence-electron chi connectivity index (χ2n) is 5.03. The Bertz CT molecular complexity index is 549. The van der Waals surface area contributed by atoms with Gasteiger partial charge in [0.05, 0.1) is 6.04 Å². The lowest BCUT2D eigenvalue weighted by Crippen LogP contribution is -2.22. The molecule has 1 N–H and O–H groups in total. The number of nitrogens with zero attached hydrogens (tertiary/aromatic N) is 1. The van der Waals surface area contributed by atoms with Gasteiger partial charge in [0.25, 0.3) is 0 Å². The Morgan fingerprint density at radius 1 is 1.05 bits per heavy atom. The molecule has 20 heavy (non-hydrogen) atoms. The summed E-state index contributed by atoms with van der Waals surface area (Å²) in [6.45, 7) is 3.03. The van der Waals surface area contributed by atoms with Gasteiger partial charge in [0.1, 0.15) is 0 Å². The molecule has 0 spiro atoms. The zero-order valence-electron chi connectivity index (χ0n) is 12.2. The number of rotatable bonds is 5. The molecule has 106 valence electrons. The lowest BCUT2D eigenvalue weighted by Gasteiger charge is -2.20. The predicted octanol–water partition coefficient (Wildman–Crippen LogP) is 4.10. The fourth-order valence-corrected chi connectivity index (χ4v) is 2.48. The molecule has 0 saturated carbocycles. The topological polar surface area (TPSA) is 15.3 Å². The van der Waals surface area contributed by atoms with E-state index < -0.39 is 0 Å². The molecular weight excluding hydrogens is 268 g/mol. The van der Waals surface area contributed by atoms with Gasteiger partial charge in [-0.25, -0.2) is 0 Å². The lowest BCUT2D eigenvalue weighted by atomic mass is 9.98. The highest BCUT2D eigenvalue weighted by Crippen LogP contribution is 2.25. The first-order valence-electron chi connectivity index (χ1n) is 6.88. The molecule has 0 aliphatic heterocycles. The van der Waals surface area contributed by atoms with Crippen LogP contribution in [0.2, 0.25) is 5.02 Å². The minimum atomic E-state index is 0.176. The Hall–Kier alpha value is -1.51. The monoisotopic (exact) mass is 288 g/mol. The molecule has 0 amide bonds. The summed E-state index contributed by atoms with van der Waals surface area (Å²) in [5.41, 5.74) is 3.65. The zero-order chi connectivity index (χ0) is 14.5. The third-order valence-corrected chi connectivity index (χ3v) is 3.57. The zero-order valence-corrected chi connectivity index (χ0v) is 13.0. The molecule has 2 aromatic carbocycles. The number of hydrogen-bond donors (Lipinski definition) is 1. The Kier molecular flexibility index (Phi) is 5.05. The molecular formula is C17H21ClN2. The molecule has 0 saturated heterocycles. The van der Waals surface area contributed by atoms with Crippen LogP contribution in [0.1, 0.15) is 24.1 Å². The van der Waals surface area contributed by atoms with Crippen molar-refractivity contribution in [3.63, 3.8) is 0 Å². The summed E-state index contributed by atoms with van der Waals surface area (Å²) in [4.78, 5) is 2.10. The van der Waals surface area contributed by atoms with Gasteiger partial charge in [-0.2, -0.15) is 0 Å². The second-order valence-corrected chi connectivity index (χ2v) is 5.47. The summed E-state index contributed by atoms with van der Waals surface area (Å²) in [5.74, 6) is 0. The smallest absolute Gasteiger partial charge is 0.0577 e. The first-order valence-corrected chi connectivity index (χ1v) is 7.25. The van der Waals surface area contributed by atoms with Gasteiger partial charge in [0.15, 0.2) is 0 Å². The number of halogens is 1. The molecule has 0 bridgehead atoms. The summed E-state index contributed by atoms with van der Waals surface area (Å²) in [7, 11) is 4.10. The molecule has 1 unspecified atom stereocenters. The van der Waals surface area contributed by atoms with E-state index >= 15 is 0 Å². The van der Waals surface area contributed by atoms with Crippen LogP contribution in [0.15, 0.2) is 48.5 Å². The van der Waals surface area contributed by atoms with Crippen molar-refractivity contribution in [1.29, 1.82) is 0 Å². The van der Waals surface area contributed by atoms with Crippen molar-refractivity contribution in [2.45, 2.75) is 13.0 Å². The van der Waals surface area contributed by atoms with Crippen molar-refractivity contribution >= 4 is 17.3 Å². The fraction of sp³-hybridized carbons (Fsp3) is 0.294. The van der Waals surface area contributed by atoms with E-state index in [4.69, 9.17) is 11.6 Å². The van der Waals surface area contributed by atoms with Crippen LogP contribution in [0.25, 0.3) is 0 Å². The van der Waals surface area contributed by atoms with Crippen molar-refractivity contribution in [2.24, 2.45) is 0 Å². The van der Waals surface area contributed by atoms with Crippen LogP contribution in [-0.4, -0.2) is 20.6 Å². The van der Waals surface area contributed by atoms with E-state index in [2.05, 4.69) is 47.5 Å². The minimum absolute atomic E-state index is 0.176. The quantitative estimate of drug-likeness (QED) is 0.891. The van der Waals surface area contributed by atoms with E-state index in [1.807, 2.05) is 32.3 Å². The fourth-order valence-electron chi connectivity index (χ4n) is 2.28. The molecule has 0 aliphatic carbocycles. The van der Waals surface area contributed by atoms with Crippen LogP contribution in [0.5, 0.6) is 0 Å². The Morgan fingerprint density at radius 2 is 1.75 bits per heavy atom. The Labute approximate surface area is 126 Å². The maximum atomic E-state index is 6.11. The molecule has 0 heterocycles. The third-order valence-electron chi connectivity index (χ3n) is 3.33. The standard InChI is InChI=1S/C17H21ClN2/c1-4-19-17(14-6-5-7-15(18)12-14)13-8-10-16(11-9-13)20(2)3/h5-12,17,19H,4H2,1-3H3. The Morgan fingerprint density at radius 3 is 2.30 bits per heavy atom. The highest BCUT2D eigenvalue weighted by molar-refractivity contribution is 6.30. The first-order chi connectivity index (χ1) is 9.61. The van der Waals surface area contributed by atoms with E-state index in [-0.39, 0.29) is 6.04 Å². The highest BCUT2D eigenvalue weighted by Gasteiger charge is 2.13. The van der Waals surface area contributed by atoms with E-state index in [9.17, 15) is 0 Å². The number of hydrogen-bond acceptors (Lipinski definition) is 2. The average Bonchev–Trinajstić information content (AvgIpc) is 2.45. The van der Waals surface area contributed by atoms with Gasteiger partial charge in [-0.05, 0) is 41.9 Å². The van der Waals surface area contributed by atoms with Crippen molar-refractivity contribution in [3.05, 3.63) is 64.7 Å². The number of benzene rings is 2. The van der Waals surface area contributed by atoms with Crippen LogP contribution < -0.4 is 10.2 Å². The van der Waals surface area contributed by atoms with Crippen LogP contribution >= 0.6 is 11.6 Å². The molecule has 3 heteroatoms. The van der Waals surface area contributed by atoms with Gasteiger partial charge in [-0.1, -0.05) is 42.8 Å². The van der Waals surface area contributed by atoms with Crippen LogP contribution in [0.3, 0.4) is 0 Å². The molecule has 2 rings (SSSR count). The summed E-state index contributed by atoms with van der Waals surface area (Å²) in [5, 5.41) is 4.29. The van der Waals surface area contributed by atoms with Gasteiger partial charge in [0, 0.05) is 24.8 Å². The largest absolute Gasteiger partial charge is 0.378 e. The predicted molar refractivity (Wildman–Crippen MR) is 87.7 cm³/mol. The molecule has 0 radical (unpaired) electrons. The minimum Gasteiger partial charge on any atom is -0.378 e. The Balaban J connectivity index is 2.33. The van der Waals surface area contributed by atoms with Gasteiger partial charge in [-0.3, -0.25) is 0 Å². The summed E-state index contributed by atoms with van der Waals surface area (Å²) >= 11 is 6.11. The maximum absolute atomic E-state index is 6.11. The van der Waals surface area contributed by atoms with Gasteiger partial charge < -0.3 is 10.2 Å². The average molecular weight is 289 g/mol. The van der Waals surface area contributed by atoms with Crippen LogP contribution in [0.4, 0.5) is 5.69 Å². The SMILES string of the molecule is CCNC(c1ccc(N(C)C)cc1)c1cccc(Cl)c1. The summed E-state index contributed by atoms with van der Waals surface area (Å²) < 4.78 is 0. The summed E-state index contributed by atoms with van der Waals surface area (Å²) in [6, 6.07) is 16.8. The molecule has 0 fully saturated rings. The van der Waals surface area contributed by atoms with Gasteiger partial charge in [0.2, 0.25) is 0 Å². The van der Waals surface area contributed by atoms with Crippen LogP contribution in [-0.2, 0) is 0 Å². The first kappa shape index (κ1) is 14.9.